The Morgan fingerprint density at radius 1 is 0.611 bits per heavy atom. The monoisotopic (exact) mass is 348 g/mol. The van der Waals surface area contributed by atoms with E-state index in [0.29, 0.717) is 11.1 Å². The second-order valence-electron chi connectivity index (χ2n) is 2.96. The Morgan fingerprint density at radius 2 is 0.889 bits per heavy atom. The topological polar surface area (TPSA) is 47.6 Å². The van der Waals surface area contributed by atoms with Gasteiger partial charge in [-0.15, -0.1) is 12.4 Å². The van der Waals surface area contributed by atoms with Crippen molar-refractivity contribution in [2.24, 2.45) is 0 Å². The second kappa shape index (κ2) is 11.8. The van der Waals surface area contributed by atoms with Crippen LogP contribution in [0.1, 0.15) is 11.1 Å². The predicted molar refractivity (Wildman–Crippen MR) is 69.6 cm³/mol. The van der Waals surface area contributed by atoms with E-state index in [1.807, 2.05) is 48.5 Å². The van der Waals surface area contributed by atoms with Crippen molar-refractivity contribution in [1.29, 1.82) is 10.5 Å². The standard InChI is InChI=1S/2C7H5N.ClH.Pd/c2*8-6-7-4-2-1-3-5-7;;/h2*1-5H;1H;. The predicted octanol–water partition coefficient (Wildman–Crippen LogP) is 3.54. The van der Waals surface area contributed by atoms with Crippen LogP contribution in [-0.2, 0) is 20.4 Å². The molecule has 94 valence electrons. The molecule has 0 saturated carbocycles. The first-order valence-electron chi connectivity index (χ1n) is 4.77. The summed E-state index contributed by atoms with van der Waals surface area (Å²) in [6.45, 7) is 0. The average molecular weight is 349 g/mol. The number of hydrogen-bond acceptors (Lipinski definition) is 2. The Morgan fingerprint density at radius 3 is 1.06 bits per heavy atom. The Labute approximate surface area is 127 Å². The summed E-state index contributed by atoms with van der Waals surface area (Å²) in [5.74, 6) is 0. The van der Waals surface area contributed by atoms with E-state index in [-0.39, 0.29) is 32.8 Å². The molecule has 0 amide bonds. The van der Waals surface area contributed by atoms with E-state index in [2.05, 4.69) is 0 Å². The zero-order valence-electron chi connectivity index (χ0n) is 9.39. The van der Waals surface area contributed by atoms with Crippen molar-refractivity contribution in [3.8, 4) is 12.1 Å². The number of hydrogen-bond donors (Lipinski definition) is 0. The van der Waals surface area contributed by atoms with Crippen LogP contribution < -0.4 is 0 Å². The molecule has 0 unspecified atom stereocenters. The summed E-state index contributed by atoms with van der Waals surface area (Å²) in [5, 5.41) is 16.6. The Hall–Kier alpha value is -1.63. The Bertz CT molecular complexity index is 451. The van der Waals surface area contributed by atoms with E-state index in [0.717, 1.165) is 0 Å². The summed E-state index contributed by atoms with van der Waals surface area (Å²) >= 11 is 0. The van der Waals surface area contributed by atoms with Crippen LogP contribution >= 0.6 is 12.4 Å². The molecule has 0 fully saturated rings. The van der Waals surface area contributed by atoms with Crippen molar-refractivity contribution in [3.05, 3.63) is 71.8 Å². The van der Waals surface area contributed by atoms with Crippen LogP contribution in [0.15, 0.2) is 60.7 Å². The maximum absolute atomic E-state index is 8.29. The minimum Gasteiger partial charge on any atom is -0.192 e. The van der Waals surface area contributed by atoms with Crippen molar-refractivity contribution in [3.63, 3.8) is 0 Å². The number of rotatable bonds is 0. The Balaban J connectivity index is 0. The summed E-state index contributed by atoms with van der Waals surface area (Å²) in [4.78, 5) is 0. The molecule has 4 heteroatoms. The molecule has 0 aliphatic rings. The molecule has 2 aromatic rings. The molecule has 0 aliphatic carbocycles. The minimum atomic E-state index is 0. The normalized spacial score (nSPS) is 7.00. The van der Waals surface area contributed by atoms with Crippen molar-refractivity contribution in [2.75, 3.05) is 0 Å². The summed E-state index contributed by atoms with van der Waals surface area (Å²) < 4.78 is 0. The van der Waals surface area contributed by atoms with Crippen LogP contribution in [0.25, 0.3) is 0 Å². The summed E-state index contributed by atoms with van der Waals surface area (Å²) in [7, 11) is 0. The van der Waals surface area contributed by atoms with Gasteiger partial charge in [-0.2, -0.15) is 10.5 Å². The van der Waals surface area contributed by atoms with Crippen LogP contribution in [0.3, 0.4) is 0 Å². The summed E-state index contributed by atoms with van der Waals surface area (Å²) in [6, 6.07) is 22.3. The molecule has 0 atom stereocenters. The molecule has 18 heavy (non-hydrogen) atoms. The molecule has 0 saturated heterocycles. The average Bonchev–Trinajstić information content (AvgIpc) is 2.41. The third-order valence-corrected chi connectivity index (χ3v) is 1.81. The largest absolute Gasteiger partial charge is 0.192 e. The third kappa shape index (κ3) is 7.61. The van der Waals surface area contributed by atoms with Gasteiger partial charge in [-0.05, 0) is 24.3 Å². The maximum atomic E-state index is 8.29. The van der Waals surface area contributed by atoms with E-state index in [4.69, 9.17) is 10.5 Å². The molecule has 0 aliphatic heterocycles. The maximum Gasteiger partial charge on any atom is 0.0991 e. The fourth-order valence-corrected chi connectivity index (χ4v) is 1.03. The molecular weight excluding hydrogens is 338 g/mol. The third-order valence-electron chi connectivity index (χ3n) is 1.81. The molecule has 0 spiro atoms. The molecule has 2 aromatic carbocycles. The number of nitrogens with zero attached hydrogens (tertiary/aromatic N) is 2. The van der Waals surface area contributed by atoms with Crippen LogP contribution in [-0.4, -0.2) is 0 Å². The van der Waals surface area contributed by atoms with Gasteiger partial charge in [-0.25, -0.2) is 0 Å². The fourth-order valence-electron chi connectivity index (χ4n) is 1.03. The van der Waals surface area contributed by atoms with E-state index in [1.54, 1.807) is 24.3 Å². The van der Waals surface area contributed by atoms with Gasteiger partial charge in [-0.3, -0.25) is 0 Å². The molecule has 0 heterocycles. The van der Waals surface area contributed by atoms with Crippen molar-refractivity contribution >= 4 is 12.4 Å². The number of benzene rings is 2. The molecule has 0 radical (unpaired) electrons. The smallest absolute Gasteiger partial charge is 0.0991 e. The quantitative estimate of drug-likeness (QED) is 0.683. The fraction of sp³-hybridized carbons (Fsp3) is 0. The first-order chi connectivity index (χ1) is 7.86. The molecule has 2 rings (SSSR count). The minimum absolute atomic E-state index is 0. The van der Waals surface area contributed by atoms with Gasteiger partial charge < -0.3 is 0 Å². The van der Waals surface area contributed by atoms with Gasteiger partial charge in [0.2, 0.25) is 0 Å². The van der Waals surface area contributed by atoms with Crippen LogP contribution in [0.5, 0.6) is 0 Å². The molecule has 0 aromatic heterocycles. The van der Waals surface area contributed by atoms with E-state index >= 15 is 0 Å². The molecule has 0 bridgehead atoms. The van der Waals surface area contributed by atoms with E-state index in [1.165, 1.54) is 0 Å². The van der Waals surface area contributed by atoms with Gasteiger partial charge in [0.25, 0.3) is 0 Å². The van der Waals surface area contributed by atoms with E-state index < -0.39 is 0 Å². The molecule has 2 nitrogen and oxygen atoms in total. The summed E-state index contributed by atoms with van der Waals surface area (Å²) in [5.41, 5.74) is 1.43. The van der Waals surface area contributed by atoms with Crippen LogP contribution in [0.4, 0.5) is 0 Å². The van der Waals surface area contributed by atoms with Gasteiger partial charge in [0.05, 0.1) is 23.3 Å². The first-order valence-corrected chi connectivity index (χ1v) is 4.77. The van der Waals surface area contributed by atoms with Gasteiger partial charge in [0.15, 0.2) is 0 Å². The van der Waals surface area contributed by atoms with Crippen molar-refractivity contribution < 1.29 is 20.4 Å². The SMILES string of the molecule is Cl.N#Cc1ccccc1.N#Cc1ccccc1.[Pd]. The Kier molecular flexibility index (Phi) is 12.3. The number of halogens is 1. The van der Waals surface area contributed by atoms with Gasteiger partial charge >= 0.3 is 0 Å². The zero-order valence-corrected chi connectivity index (χ0v) is 11.8. The second-order valence-corrected chi connectivity index (χ2v) is 2.96. The van der Waals surface area contributed by atoms with Gasteiger partial charge in [0.1, 0.15) is 0 Å². The van der Waals surface area contributed by atoms with Gasteiger partial charge in [-0.1, -0.05) is 36.4 Å². The van der Waals surface area contributed by atoms with E-state index in [9.17, 15) is 0 Å². The van der Waals surface area contributed by atoms with Crippen molar-refractivity contribution in [2.45, 2.75) is 0 Å². The molecular formula is C14H11ClN2Pd. The van der Waals surface area contributed by atoms with Gasteiger partial charge in [0, 0.05) is 20.4 Å². The van der Waals surface area contributed by atoms with Crippen molar-refractivity contribution in [1.82, 2.24) is 0 Å². The summed E-state index contributed by atoms with van der Waals surface area (Å²) in [6.07, 6.45) is 0. The number of nitriles is 2. The van der Waals surface area contributed by atoms with Crippen LogP contribution in [0, 0.1) is 22.7 Å². The molecule has 0 N–H and O–H groups in total. The zero-order chi connectivity index (χ0) is 11.6. The van der Waals surface area contributed by atoms with Crippen LogP contribution in [0.2, 0.25) is 0 Å². The first kappa shape index (κ1) is 18.7.